The largest absolute Gasteiger partial charge is 0.433 e. The maximum Gasteiger partial charge on any atom is 0.433 e. The number of carbonyl (C=O) groups is 1. The lowest BCUT2D eigenvalue weighted by atomic mass is 9.96. The van der Waals surface area contributed by atoms with Crippen molar-refractivity contribution in [1.82, 2.24) is 15.2 Å². The van der Waals surface area contributed by atoms with Crippen LogP contribution < -0.4 is 5.32 Å². The van der Waals surface area contributed by atoms with Gasteiger partial charge in [-0.25, -0.2) is 4.39 Å². The van der Waals surface area contributed by atoms with Crippen LogP contribution in [0.1, 0.15) is 58.0 Å². The number of pyridine rings is 1. The molecule has 2 aromatic carbocycles. The first-order valence-electron chi connectivity index (χ1n) is 12.8. The minimum absolute atomic E-state index is 0.114. The van der Waals surface area contributed by atoms with E-state index in [1.54, 1.807) is 31.2 Å². The predicted octanol–water partition coefficient (Wildman–Crippen LogP) is 6.97. The molecule has 1 aliphatic heterocycles. The van der Waals surface area contributed by atoms with Gasteiger partial charge in [-0.2, -0.15) is 13.2 Å². The van der Waals surface area contributed by atoms with Crippen LogP contribution in [-0.4, -0.2) is 33.3 Å². The van der Waals surface area contributed by atoms with Gasteiger partial charge in [0.15, 0.2) is 10.9 Å². The van der Waals surface area contributed by atoms with Crippen molar-refractivity contribution in [2.24, 2.45) is 5.92 Å². The number of aromatic nitrogens is 1. The molecular formula is C29H28F4N4OS. The van der Waals surface area contributed by atoms with E-state index in [4.69, 9.17) is 5.41 Å². The highest BCUT2D eigenvalue weighted by atomic mass is 32.2. The SMILES string of the molecule is Cc1cc([C@@H](NC(=O)c2cc(CN3CCCSC3=N)cc(-c3cccnc3C(F)(F)F)c2)C2CC2)ccc1F. The second-order valence-corrected chi connectivity index (χ2v) is 11.1. The normalized spacial score (nSPS) is 16.7. The second-order valence-electron chi connectivity index (χ2n) is 10.0. The first-order chi connectivity index (χ1) is 18.6. The Balaban J connectivity index is 1.52. The van der Waals surface area contributed by atoms with E-state index in [1.807, 2.05) is 4.90 Å². The summed E-state index contributed by atoms with van der Waals surface area (Å²) in [5.74, 6) is 0.314. The second kappa shape index (κ2) is 11.0. The summed E-state index contributed by atoms with van der Waals surface area (Å²) in [5, 5.41) is 11.7. The van der Waals surface area contributed by atoms with Crippen molar-refractivity contribution in [2.75, 3.05) is 12.3 Å². The molecular weight excluding hydrogens is 528 g/mol. The number of halogens is 4. The summed E-state index contributed by atoms with van der Waals surface area (Å²) < 4.78 is 55.4. The molecule has 0 spiro atoms. The third-order valence-electron chi connectivity index (χ3n) is 7.04. The smallest absolute Gasteiger partial charge is 0.347 e. The van der Waals surface area contributed by atoms with E-state index in [0.717, 1.165) is 36.8 Å². The average Bonchev–Trinajstić information content (AvgIpc) is 3.75. The van der Waals surface area contributed by atoms with Gasteiger partial charge in [0.25, 0.3) is 5.91 Å². The Labute approximate surface area is 228 Å². The van der Waals surface area contributed by atoms with Gasteiger partial charge >= 0.3 is 6.18 Å². The maximum absolute atomic E-state index is 13.9. The Morgan fingerprint density at radius 2 is 2.00 bits per heavy atom. The number of alkyl halides is 3. The molecule has 2 heterocycles. The van der Waals surface area contributed by atoms with Crippen LogP contribution in [0, 0.1) is 24.1 Å². The number of rotatable bonds is 7. The Bertz CT molecular complexity index is 1410. The van der Waals surface area contributed by atoms with Gasteiger partial charge in [-0.3, -0.25) is 15.2 Å². The van der Waals surface area contributed by atoms with E-state index in [-0.39, 0.29) is 34.5 Å². The van der Waals surface area contributed by atoms with E-state index in [1.165, 1.54) is 36.0 Å². The standard InChI is InChI=1S/C29H28F4N4OS/c1-17-12-20(7-8-24(17)30)25(19-5-6-19)36-27(38)22-14-18(16-37-10-3-11-39-28(37)34)13-21(15-22)23-4-2-9-35-26(23)29(31,32)33/h2,4,7-9,12-15,19,25,34H,3,5-6,10-11,16H2,1H3,(H,36,38)/t25-/m0/s1. The molecule has 2 fully saturated rings. The number of amidine groups is 1. The Morgan fingerprint density at radius 1 is 1.21 bits per heavy atom. The monoisotopic (exact) mass is 556 g/mol. The van der Waals surface area contributed by atoms with Gasteiger partial charge in [0.2, 0.25) is 0 Å². The zero-order valence-electron chi connectivity index (χ0n) is 21.3. The molecule has 1 atom stereocenters. The molecule has 5 rings (SSSR count). The quantitative estimate of drug-likeness (QED) is 0.309. The van der Waals surface area contributed by atoms with Gasteiger partial charge in [0.05, 0.1) is 6.04 Å². The number of hydrogen-bond donors (Lipinski definition) is 2. The van der Waals surface area contributed by atoms with Gasteiger partial charge < -0.3 is 10.2 Å². The zero-order chi connectivity index (χ0) is 27.7. The summed E-state index contributed by atoms with van der Waals surface area (Å²) in [6, 6.07) is 12.0. The molecule has 1 amide bonds. The summed E-state index contributed by atoms with van der Waals surface area (Å²) in [5.41, 5.74) is 1.23. The van der Waals surface area contributed by atoms with Crippen LogP contribution in [0.4, 0.5) is 17.6 Å². The summed E-state index contributed by atoms with van der Waals surface area (Å²) in [7, 11) is 0. The Morgan fingerprint density at radius 3 is 2.69 bits per heavy atom. The molecule has 2 N–H and O–H groups in total. The highest BCUT2D eigenvalue weighted by molar-refractivity contribution is 8.13. The fraction of sp³-hybridized carbons (Fsp3) is 0.345. The first kappa shape index (κ1) is 27.2. The molecule has 5 nitrogen and oxygen atoms in total. The topological polar surface area (TPSA) is 69.1 Å². The van der Waals surface area contributed by atoms with Gasteiger partial charge in [-0.1, -0.05) is 30.0 Å². The Kier molecular flexibility index (Phi) is 7.66. The molecule has 0 bridgehead atoms. The number of thioether (sulfide) groups is 1. The van der Waals surface area contributed by atoms with Crippen molar-refractivity contribution in [3.63, 3.8) is 0 Å². The molecule has 2 aliphatic rings. The molecule has 1 saturated heterocycles. The molecule has 0 unspecified atom stereocenters. The number of nitrogens with one attached hydrogen (secondary N) is 2. The van der Waals surface area contributed by atoms with Crippen LogP contribution in [0.25, 0.3) is 11.1 Å². The highest BCUT2D eigenvalue weighted by Gasteiger charge is 2.36. The van der Waals surface area contributed by atoms with Crippen LogP contribution in [0.5, 0.6) is 0 Å². The van der Waals surface area contributed by atoms with Crippen LogP contribution in [0.15, 0.2) is 54.7 Å². The number of benzene rings is 2. The van der Waals surface area contributed by atoms with Crippen molar-refractivity contribution < 1.29 is 22.4 Å². The van der Waals surface area contributed by atoms with Crippen molar-refractivity contribution in [3.05, 3.63) is 88.5 Å². The number of aryl methyl sites for hydroxylation is 1. The first-order valence-corrected chi connectivity index (χ1v) is 13.8. The fourth-order valence-electron chi connectivity index (χ4n) is 4.91. The van der Waals surface area contributed by atoms with Crippen LogP contribution >= 0.6 is 11.8 Å². The lowest BCUT2D eigenvalue weighted by Gasteiger charge is -2.29. The number of hydrogen-bond acceptors (Lipinski definition) is 4. The third kappa shape index (κ3) is 6.27. The summed E-state index contributed by atoms with van der Waals surface area (Å²) in [4.78, 5) is 19.1. The number of amides is 1. The van der Waals surface area contributed by atoms with Crippen molar-refractivity contribution in [1.29, 1.82) is 5.41 Å². The van der Waals surface area contributed by atoms with Crippen LogP contribution in [0.2, 0.25) is 0 Å². The van der Waals surface area contributed by atoms with Gasteiger partial charge in [-0.15, -0.1) is 0 Å². The Hall–Kier alpha value is -3.40. The molecule has 10 heteroatoms. The van der Waals surface area contributed by atoms with E-state index >= 15 is 0 Å². The van der Waals surface area contributed by atoms with Crippen molar-refractivity contribution in [3.8, 4) is 11.1 Å². The molecule has 39 heavy (non-hydrogen) atoms. The molecule has 204 valence electrons. The summed E-state index contributed by atoms with van der Waals surface area (Å²) in [6.45, 7) is 2.62. The fourth-order valence-corrected chi connectivity index (χ4v) is 5.72. The minimum atomic E-state index is -4.67. The molecule has 0 radical (unpaired) electrons. The molecule has 3 aromatic rings. The number of nitrogens with zero attached hydrogens (tertiary/aromatic N) is 2. The predicted molar refractivity (Wildman–Crippen MR) is 144 cm³/mol. The highest BCUT2D eigenvalue weighted by Crippen LogP contribution is 2.42. The van der Waals surface area contributed by atoms with E-state index in [0.29, 0.717) is 29.4 Å². The third-order valence-corrected chi connectivity index (χ3v) is 8.06. The summed E-state index contributed by atoms with van der Waals surface area (Å²) in [6.07, 6.45) is -0.835. The lowest BCUT2D eigenvalue weighted by Crippen LogP contribution is -2.33. The van der Waals surface area contributed by atoms with E-state index < -0.39 is 17.8 Å². The van der Waals surface area contributed by atoms with Gasteiger partial charge in [0, 0.05) is 36.2 Å². The van der Waals surface area contributed by atoms with E-state index in [2.05, 4.69) is 10.3 Å². The molecule has 1 saturated carbocycles. The van der Waals surface area contributed by atoms with Gasteiger partial charge in [0.1, 0.15) is 5.82 Å². The lowest BCUT2D eigenvalue weighted by molar-refractivity contribution is -0.140. The van der Waals surface area contributed by atoms with Crippen molar-refractivity contribution in [2.45, 2.75) is 44.9 Å². The minimum Gasteiger partial charge on any atom is -0.347 e. The average molecular weight is 557 g/mol. The maximum atomic E-state index is 13.9. The van der Waals surface area contributed by atoms with Gasteiger partial charge in [-0.05, 0) is 84.7 Å². The number of carbonyl (C=O) groups excluding carboxylic acids is 1. The molecule has 1 aromatic heterocycles. The zero-order valence-corrected chi connectivity index (χ0v) is 22.1. The van der Waals surface area contributed by atoms with Crippen LogP contribution in [-0.2, 0) is 12.7 Å². The summed E-state index contributed by atoms with van der Waals surface area (Å²) >= 11 is 1.43. The van der Waals surface area contributed by atoms with E-state index in [9.17, 15) is 22.4 Å². The van der Waals surface area contributed by atoms with Crippen molar-refractivity contribution >= 4 is 22.8 Å². The van der Waals surface area contributed by atoms with Crippen LogP contribution in [0.3, 0.4) is 0 Å². The molecule has 1 aliphatic carbocycles.